The monoisotopic (exact) mass is 823 g/mol. The van der Waals surface area contributed by atoms with Crippen molar-refractivity contribution in [3.05, 3.63) is 84.9 Å². The minimum Gasteiger partial charge on any atom is -0.494 e. The molecule has 58 heavy (non-hydrogen) atoms. The molecule has 1 saturated carbocycles. The molecular weight excluding hydrogens is 780 g/mol. The predicted octanol–water partition coefficient (Wildman–Crippen LogP) is 9.00. The molecule has 0 radical (unpaired) electrons. The Labute approximate surface area is 337 Å². The van der Waals surface area contributed by atoms with Crippen LogP contribution in [0.1, 0.15) is 69.8 Å². The molecule has 1 aliphatic carbocycles. The van der Waals surface area contributed by atoms with Gasteiger partial charge >= 0.3 is 24.1 Å². The number of ether oxygens (including phenoxy) is 5. The standard InChI is InChI=1S/C42H44F3N3O9S/c1-2-38(50)54-25-8-4-3-7-24-53-32-16-18-33(19-17-32)56-39(51)29-12-14-30(15-13-29)40(52)57-36-21-20-34(55-28-49)26-31(36)27-46-48(23-9-22-42(43,44)45)41-47-35-10-5-6-11-37(35)58-41/h2,5-6,10-11,16-21,26-30H,1,3-4,7-9,12-15,22-25H2/b46-27+. The highest BCUT2D eigenvalue weighted by atomic mass is 32.1. The second-order valence-electron chi connectivity index (χ2n) is 13.5. The zero-order valence-electron chi connectivity index (χ0n) is 31.7. The van der Waals surface area contributed by atoms with Gasteiger partial charge in [0.1, 0.15) is 23.0 Å². The van der Waals surface area contributed by atoms with Crippen LogP contribution in [0, 0.1) is 11.8 Å². The summed E-state index contributed by atoms with van der Waals surface area (Å²) in [5.41, 5.74) is 0.906. The third-order valence-electron chi connectivity index (χ3n) is 9.20. The van der Waals surface area contributed by atoms with Gasteiger partial charge in [-0.1, -0.05) is 30.0 Å². The number of anilines is 1. The highest BCUT2D eigenvalue weighted by Crippen LogP contribution is 2.34. The predicted molar refractivity (Wildman–Crippen MR) is 211 cm³/mol. The summed E-state index contributed by atoms with van der Waals surface area (Å²) in [5.74, 6) is -0.994. The van der Waals surface area contributed by atoms with E-state index in [0.29, 0.717) is 61.0 Å². The van der Waals surface area contributed by atoms with Crippen LogP contribution in [0.2, 0.25) is 0 Å². The first-order chi connectivity index (χ1) is 28.0. The Morgan fingerprint density at radius 1 is 0.845 bits per heavy atom. The maximum absolute atomic E-state index is 13.4. The second kappa shape index (κ2) is 21.7. The number of aromatic nitrogens is 1. The average molecular weight is 824 g/mol. The van der Waals surface area contributed by atoms with Gasteiger partial charge in [-0.3, -0.25) is 14.4 Å². The molecule has 0 saturated heterocycles. The fourth-order valence-corrected chi connectivity index (χ4v) is 7.07. The Kier molecular flexibility index (Phi) is 16.2. The van der Waals surface area contributed by atoms with E-state index < -0.39 is 42.3 Å². The molecule has 1 aromatic heterocycles. The first-order valence-corrected chi connectivity index (χ1v) is 19.8. The van der Waals surface area contributed by atoms with E-state index in [1.807, 2.05) is 12.1 Å². The maximum atomic E-state index is 13.4. The Hall–Kier alpha value is -5.77. The summed E-state index contributed by atoms with van der Waals surface area (Å²) in [7, 11) is 0. The number of hydrogen-bond acceptors (Lipinski definition) is 13. The van der Waals surface area contributed by atoms with Crippen LogP contribution in [-0.4, -0.2) is 61.5 Å². The number of carbonyl (C=O) groups is 4. The number of thiazole rings is 1. The Morgan fingerprint density at radius 3 is 2.17 bits per heavy atom. The lowest BCUT2D eigenvalue weighted by Crippen LogP contribution is -2.30. The van der Waals surface area contributed by atoms with E-state index in [-0.39, 0.29) is 36.5 Å². The summed E-state index contributed by atoms with van der Waals surface area (Å²) >= 11 is 1.27. The molecule has 0 bridgehead atoms. The lowest BCUT2D eigenvalue weighted by molar-refractivity contribution is -0.145. The van der Waals surface area contributed by atoms with Crippen molar-refractivity contribution >= 4 is 57.3 Å². The smallest absolute Gasteiger partial charge is 0.389 e. The molecule has 0 spiro atoms. The van der Waals surface area contributed by atoms with Gasteiger partial charge in [0.05, 0.1) is 41.5 Å². The Balaban J connectivity index is 1.12. The lowest BCUT2D eigenvalue weighted by Gasteiger charge is -2.26. The highest BCUT2D eigenvalue weighted by molar-refractivity contribution is 7.22. The molecule has 3 aromatic carbocycles. The topological polar surface area (TPSA) is 143 Å². The van der Waals surface area contributed by atoms with Gasteiger partial charge in [0.15, 0.2) is 0 Å². The highest BCUT2D eigenvalue weighted by Gasteiger charge is 2.33. The first-order valence-electron chi connectivity index (χ1n) is 18.9. The number of para-hydroxylation sites is 1. The quantitative estimate of drug-likeness (QED) is 0.0151. The van der Waals surface area contributed by atoms with E-state index in [1.165, 1.54) is 40.8 Å². The van der Waals surface area contributed by atoms with Crippen molar-refractivity contribution in [3.63, 3.8) is 0 Å². The molecule has 0 aliphatic heterocycles. The average Bonchev–Trinajstić information content (AvgIpc) is 3.65. The number of hydrogen-bond donors (Lipinski definition) is 0. The summed E-state index contributed by atoms with van der Waals surface area (Å²) in [5, 5.41) is 6.18. The summed E-state index contributed by atoms with van der Waals surface area (Å²) in [6.45, 7) is 4.39. The van der Waals surface area contributed by atoms with Crippen LogP contribution in [0.25, 0.3) is 10.2 Å². The van der Waals surface area contributed by atoms with E-state index >= 15 is 0 Å². The molecule has 1 aliphatic rings. The van der Waals surface area contributed by atoms with E-state index in [2.05, 4.69) is 16.7 Å². The van der Waals surface area contributed by atoms with E-state index in [1.54, 1.807) is 36.4 Å². The molecule has 16 heteroatoms. The fourth-order valence-electron chi connectivity index (χ4n) is 6.12. The number of alkyl halides is 3. The van der Waals surface area contributed by atoms with Crippen LogP contribution in [-0.2, 0) is 23.9 Å². The number of fused-ring (bicyclic) bond motifs is 1. The number of halogens is 3. The van der Waals surface area contributed by atoms with Gasteiger partial charge in [-0.05, 0) is 112 Å². The zero-order valence-corrected chi connectivity index (χ0v) is 32.5. The van der Waals surface area contributed by atoms with Crippen molar-refractivity contribution in [1.82, 2.24) is 4.98 Å². The van der Waals surface area contributed by atoms with Crippen LogP contribution < -0.4 is 24.0 Å². The van der Waals surface area contributed by atoms with Gasteiger partial charge in [0.25, 0.3) is 6.47 Å². The molecule has 0 atom stereocenters. The second-order valence-corrected chi connectivity index (χ2v) is 14.5. The summed E-state index contributed by atoms with van der Waals surface area (Å²) in [6, 6.07) is 18.4. The van der Waals surface area contributed by atoms with Crippen LogP contribution in [0.15, 0.2) is 84.5 Å². The minimum absolute atomic E-state index is 0.0951. The number of nitrogens with zero attached hydrogens (tertiary/aromatic N) is 3. The van der Waals surface area contributed by atoms with Crippen molar-refractivity contribution in [1.29, 1.82) is 0 Å². The lowest BCUT2D eigenvalue weighted by atomic mass is 9.82. The summed E-state index contributed by atoms with van der Waals surface area (Å²) in [6.07, 6.45) is 1.88. The van der Waals surface area contributed by atoms with Crippen LogP contribution in [0.3, 0.4) is 0 Å². The summed E-state index contributed by atoms with van der Waals surface area (Å²) < 4.78 is 67.0. The van der Waals surface area contributed by atoms with Gasteiger partial charge in [0, 0.05) is 24.6 Å². The Bertz CT molecular complexity index is 2000. The zero-order chi connectivity index (χ0) is 41.3. The molecule has 0 unspecified atom stereocenters. The number of rotatable bonds is 21. The number of hydrazone groups is 1. The third kappa shape index (κ3) is 13.7. The fraction of sp³-hybridized carbons (Fsp3) is 0.381. The largest absolute Gasteiger partial charge is 0.494 e. The van der Waals surface area contributed by atoms with Crippen molar-refractivity contribution < 1.29 is 56.0 Å². The van der Waals surface area contributed by atoms with E-state index in [9.17, 15) is 32.3 Å². The van der Waals surface area contributed by atoms with Gasteiger partial charge in [-0.15, -0.1) is 0 Å². The van der Waals surface area contributed by atoms with Crippen molar-refractivity contribution in [2.75, 3.05) is 24.8 Å². The maximum Gasteiger partial charge on any atom is 0.389 e. The SMILES string of the molecule is C=CC(=O)OCCCCCCOc1ccc(OC(=O)C2CCC(C(=O)Oc3ccc(OC=O)cc3/C=N/N(CCCC(F)(F)F)c3nc4ccccc4s3)CC2)cc1. The van der Waals surface area contributed by atoms with Gasteiger partial charge in [0.2, 0.25) is 5.13 Å². The van der Waals surface area contributed by atoms with Gasteiger partial charge in [-0.25, -0.2) is 14.8 Å². The molecule has 1 heterocycles. The van der Waals surface area contributed by atoms with Gasteiger partial charge < -0.3 is 23.7 Å². The molecule has 0 amide bonds. The first kappa shape index (κ1) is 43.4. The third-order valence-corrected chi connectivity index (χ3v) is 10.2. The molecule has 4 aromatic rings. The number of unbranched alkanes of at least 4 members (excludes halogenated alkanes) is 3. The van der Waals surface area contributed by atoms with Crippen LogP contribution in [0.4, 0.5) is 18.3 Å². The number of benzene rings is 3. The number of esters is 3. The molecular formula is C42H44F3N3O9S. The van der Waals surface area contributed by atoms with Crippen molar-refractivity contribution in [2.45, 2.75) is 70.4 Å². The molecule has 308 valence electrons. The van der Waals surface area contributed by atoms with Gasteiger partial charge in [-0.2, -0.15) is 18.3 Å². The molecule has 0 N–H and O–H groups in total. The molecule has 1 fully saturated rings. The van der Waals surface area contributed by atoms with Crippen molar-refractivity contribution in [3.8, 4) is 23.0 Å². The molecule has 5 rings (SSSR count). The van der Waals surface area contributed by atoms with Crippen molar-refractivity contribution in [2.24, 2.45) is 16.9 Å². The molecule has 12 nitrogen and oxygen atoms in total. The van der Waals surface area contributed by atoms with Crippen LogP contribution in [0.5, 0.6) is 23.0 Å². The number of carbonyl (C=O) groups excluding carboxylic acids is 4. The normalized spacial score (nSPS) is 15.4. The van der Waals surface area contributed by atoms with E-state index in [4.69, 9.17) is 23.7 Å². The van der Waals surface area contributed by atoms with Crippen LogP contribution >= 0.6 is 11.3 Å². The summed E-state index contributed by atoms with van der Waals surface area (Å²) in [4.78, 5) is 53.1. The Morgan fingerprint density at radius 2 is 1.50 bits per heavy atom. The minimum atomic E-state index is -4.35. The van der Waals surface area contributed by atoms with E-state index in [0.717, 1.165) is 36.5 Å².